The van der Waals surface area contributed by atoms with E-state index >= 15 is 0 Å². The molecule has 7 nitrogen and oxygen atoms in total. The van der Waals surface area contributed by atoms with Gasteiger partial charge in [-0.25, -0.2) is 4.98 Å². The maximum atomic E-state index is 10.4. The van der Waals surface area contributed by atoms with Crippen LogP contribution in [0.15, 0.2) is 188 Å². The summed E-state index contributed by atoms with van der Waals surface area (Å²) in [6.07, 6.45) is 0. The first kappa shape index (κ1) is 32.9. The van der Waals surface area contributed by atoms with E-state index in [0.717, 1.165) is 77.1 Å². The van der Waals surface area contributed by atoms with Crippen LogP contribution in [0.4, 0.5) is 0 Å². The zero-order valence-electron chi connectivity index (χ0n) is 31.5. The molecule has 0 aliphatic heterocycles. The molecule has 7 heteroatoms. The number of rotatable bonds is 5. The zero-order chi connectivity index (χ0) is 39.0. The van der Waals surface area contributed by atoms with Gasteiger partial charge in [-0.1, -0.05) is 121 Å². The third-order valence-corrected chi connectivity index (χ3v) is 11.5. The maximum Gasteiger partial charge on any atom is 0.238 e. The lowest BCUT2D eigenvalue weighted by Crippen LogP contribution is -2.08. The minimum absolute atomic E-state index is 0.466. The van der Waals surface area contributed by atoms with E-state index in [2.05, 4.69) is 147 Å². The van der Waals surface area contributed by atoms with Crippen molar-refractivity contribution in [1.82, 2.24) is 28.7 Å². The number of fused-ring (bicyclic) bond motifs is 9. The second-order valence-corrected chi connectivity index (χ2v) is 14.8. The fourth-order valence-corrected chi connectivity index (χ4v) is 8.96. The number of nitriles is 1. The van der Waals surface area contributed by atoms with E-state index < -0.39 is 0 Å². The van der Waals surface area contributed by atoms with Crippen LogP contribution in [-0.2, 0) is 0 Å². The van der Waals surface area contributed by atoms with Gasteiger partial charge in [-0.2, -0.15) is 15.2 Å². The first-order valence-corrected chi connectivity index (χ1v) is 19.6. The van der Waals surface area contributed by atoms with E-state index in [1.807, 2.05) is 60.7 Å². The molecule has 274 valence electrons. The van der Waals surface area contributed by atoms with E-state index in [1.165, 1.54) is 10.8 Å². The Kier molecular flexibility index (Phi) is 7.16. The van der Waals surface area contributed by atoms with E-state index in [0.29, 0.717) is 23.2 Å². The maximum absolute atomic E-state index is 10.4. The predicted octanol–water partition coefficient (Wildman–Crippen LogP) is 12.4. The molecule has 8 aromatic carbocycles. The summed E-state index contributed by atoms with van der Waals surface area (Å²) in [4.78, 5) is 15.7. The molecule has 59 heavy (non-hydrogen) atoms. The summed E-state index contributed by atoms with van der Waals surface area (Å²) in [5.74, 6) is 1.50. The molecule has 0 N–H and O–H groups in total. The highest BCUT2D eigenvalue weighted by atomic mass is 15.2. The smallest absolute Gasteiger partial charge is 0.238 e. The van der Waals surface area contributed by atoms with Crippen LogP contribution in [0.5, 0.6) is 0 Å². The van der Waals surface area contributed by atoms with Crippen molar-refractivity contribution in [3.05, 3.63) is 194 Å². The Hall–Kier alpha value is -8.34. The van der Waals surface area contributed by atoms with Crippen LogP contribution in [-0.4, -0.2) is 28.7 Å². The predicted molar refractivity (Wildman–Crippen MR) is 238 cm³/mol. The largest absolute Gasteiger partial charge is 0.309 e. The minimum Gasteiger partial charge on any atom is -0.309 e. The molecule has 12 aromatic rings. The van der Waals surface area contributed by atoms with Crippen molar-refractivity contribution in [2.75, 3.05) is 0 Å². The van der Waals surface area contributed by atoms with Crippen LogP contribution in [0.25, 0.3) is 106 Å². The number of hydrogen-bond acceptors (Lipinski definition) is 4. The Labute approximate surface area is 337 Å². The summed E-state index contributed by atoms with van der Waals surface area (Å²) >= 11 is 0. The molecule has 12 rings (SSSR count). The van der Waals surface area contributed by atoms with Crippen molar-refractivity contribution in [2.45, 2.75) is 0 Å². The van der Waals surface area contributed by atoms with Crippen LogP contribution < -0.4 is 0 Å². The van der Waals surface area contributed by atoms with Crippen molar-refractivity contribution < 1.29 is 0 Å². The van der Waals surface area contributed by atoms with Gasteiger partial charge in [0.2, 0.25) is 5.95 Å². The SMILES string of the molecule is N#Cc1ccc(-n2c3ccccc3c3cc4c5ccccc5n(-c5ccccc5)c4cc32)c(-c2nc(-c3ccccc3)nc(-n3c4ccccc4c4ccccc43)n2)c1. The van der Waals surface area contributed by atoms with Gasteiger partial charge in [0.05, 0.1) is 50.4 Å². The number of benzene rings is 8. The quantitative estimate of drug-likeness (QED) is 0.175. The molecule has 0 unspecified atom stereocenters. The van der Waals surface area contributed by atoms with Crippen LogP contribution in [0.1, 0.15) is 5.56 Å². The van der Waals surface area contributed by atoms with Gasteiger partial charge in [0.15, 0.2) is 11.6 Å². The van der Waals surface area contributed by atoms with Gasteiger partial charge in [-0.15, -0.1) is 0 Å². The lowest BCUT2D eigenvalue weighted by molar-refractivity contribution is 0.951. The lowest BCUT2D eigenvalue weighted by atomic mass is 10.1. The average molecular weight is 754 g/mol. The van der Waals surface area contributed by atoms with E-state index in [4.69, 9.17) is 15.0 Å². The molecule has 0 spiro atoms. The van der Waals surface area contributed by atoms with Crippen molar-refractivity contribution in [1.29, 1.82) is 5.26 Å². The lowest BCUT2D eigenvalue weighted by Gasteiger charge is -2.16. The summed E-state index contributed by atoms with van der Waals surface area (Å²) in [6, 6.07) is 67.3. The first-order valence-electron chi connectivity index (χ1n) is 19.6. The van der Waals surface area contributed by atoms with Gasteiger partial charge in [0, 0.05) is 49.1 Å². The van der Waals surface area contributed by atoms with E-state index in [1.54, 1.807) is 0 Å². The third kappa shape index (κ3) is 4.97. The molecule has 0 aliphatic rings. The first-order chi connectivity index (χ1) is 29.2. The topological polar surface area (TPSA) is 77.2 Å². The van der Waals surface area contributed by atoms with Gasteiger partial charge < -0.3 is 9.13 Å². The second-order valence-electron chi connectivity index (χ2n) is 14.8. The fourth-order valence-electron chi connectivity index (χ4n) is 8.96. The van der Waals surface area contributed by atoms with Crippen LogP contribution in [0, 0.1) is 11.3 Å². The van der Waals surface area contributed by atoms with Crippen LogP contribution in [0.2, 0.25) is 0 Å². The molecule has 0 saturated carbocycles. The molecule has 0 saturated heterocycles. The van der Waals surface area contributed by atoms with Crippen LogP contribution >= 0.6 is 0 Å². The van der Waals surface area contributed by atoms with Gasteiger partial charge in [-0.05, 0) is 66.7 Å². The summed E-state index contributed by atoms with van der Waals surface area (Å²) < 4.78 is 6.78. The number of nitrogens with zero attached hydrogens (tertiary/aromatic N) is 7. The van der Waals surface area contributed by atoms with Crippen molar-refractivity contribution in [3.8, 4) is 46.2 Å². The standard InChI is InChI=1S/C52H31N7/c53-32-33-27-28-47(58-44-24-12-10-22-39(44)41-30-40-38-21-9-11-23-43(38)57(48(40)31-49(41)58)35-17-5-2-6-18-35)42(29-33)51-54-50(34-15-3-1-4-16-34)55-52(56-51)59-45-25-13-7-19-36(45)37-20-8-14-26-46(37)59/h1-31H. The number of hydrogen-bond donors (Lipinski definition) is 0. The highest BCUT2D eigenvalue weighted by Gasteiger charge is 2.23. The van der Waals surface area contributed by atoms with Crippen molar-refractivity contribution in [3.63, 3.8) is 0 Å². The fraction of sp³-hybridized carbons (Fsp3) is 0. The van der Waals surface area contributed by atoms with E-state index in [-0.39, 0.29) is 0 Å². The minimum atomic E-state index is 0.466. The highest BCUT2D eigenvalue weighted by molar-refractivity contribution is 6.19. The Bertz CT molecular complexity index is 3630. The van der Waals surface area contributed by atoms with Crippen LogP contribution in [0.3, 0.4) is 0 Å². The molecule has 0 aliphatic carbocycles. The Morgan fingerprint density at radius 3 is 1.47 bits per heavy atom. The molecule has 4 heterocycles. The molecule has 0 bridgehead atoms. The van der Waals surface area contributed by atoms with Gasteiger partial charge in [0.25, 0.3) is 0 Å². The monoisotopic (exact) mass is 753 g/mol. The molecule has 0 atom stereocenters. The number of aromatic nitrogens is 6. The summed E-state index contributed by atoms with van der Waals surface area (Å²) in [5, 5.41) is 17.2. The summed E-state index contributed by atoms with van der Waals surface area (Å²) in [6.45, 7) is 0. The average Bonchev–Trinajstić information content (AvgIpc) is 3.94. The molecular formula is C52H31N7. The van der Waals surface area contributed by atoms with Crippen molar-refractivity contribution >= 4 is 65.4 Å². The molecule has 4 aromatic heterocycles. The summed E-state index contributed by atoms with van der Waals surface area (Å²) in [5.41, 5.74) is 10.4. The van der Waals surface area contributed by atoms with Crippen molar-refractivity contribution in [2.24, 2.45) is 0 Å². The third-order valence-electron chi connectivity index (χ3n) is 11.5. The number of para-hydroxylation sites is 5. The van der Waals surface area contributed by atoms with E-state index in [9.17, 15) is 5.26 Å². The Morgan fingerprint density at radius 2 is 0.864 bits per heavy atom. The Morgan fingerprint density at radius 1 is 0.373 bits per heavy atom. The Balaban J connectivity index is 1.19. The molecule has 0 radical (unpaired) electrons. The molecule has 0 amide bonds. The van der Waals surface area contributed by atoms with Gasteiger partial charge in [-0.3, -0.25) is 4.57 Å². The normalized spacial score (nSPS) is 11.7. The second kappa shape index (κ2) is 12.8. The van der Waals surface area contributed by atoms with Gasteiger partial charge >= 0.3 is 0 Å². The summed E-state index contributed by atoms with van der Waals surface area (Å²) in [7, 11) is 0. The van der Waals surface area contributed by atoms with Gasteiger partial charge in [0.1, 0.15) is 0 Å². The highest BCUT2D eigenvalue weighted by Crippen LogP contribution is 2.41. The molecular weight excluding hydrogens is 723 g/mol. The zero-order valence-corrected chi connectivity index (χ0v) is 31.5. The molecule has 0 fully saturated rings.